The second-order valence-electron chi connectivity index (χ2n) is 9.79. The molecule has 33 heavy (non-hydrogen) atoms. The third kappa shape index (κ3) is 8.14. The van der Waals surface area contributed by atoms with E-state index in [-0.39, 0.29) is 29.2 Å². The summed E-state index contributed by atoms with van der Waals surface area (Å²) in [5.41, 5.74) is 2.10. The molecule has 0 saturated carbocycles. The van der Waals surface area contributed by atoms with Crippen LogP contribution in [0.25, 0.3) is 0 Å². The Balaban J connectivity index is 1.69. The lowest BCUT2D eigenvalue weighted by molar-refractivity contribution is -0.197. The maximum atomic E-state index is 12.6. The van der Waals surface area contributed by atoms with Gasteiger partial charge >= 0.3 is 0 Å². The number of rotatable bonds is 13. The van der Waals surface area contributed by atoms with Crippen LogP contribution in [0, 0.1) is 0 Å². The second kappa shape index (κ2) is 12.7. The number of nitrogens with zero attached hydrogens (tertiary/aromatic N) is 1. The number of anilines is 1. The molecule has 1 aliphatic heterocycles. The van der Waals surface area contributed by atoms with Gasteiger partial charge in [-0.2, -0.15) is 0 Å². The highest BCUT2D eigenvalue weighted by Gasteiger charge is 2.32. The minimum atomic E-state index is -0.294. The number of fused-ring (bicyclic) bond motifs is 1. The smallest absolute Gasteiger partial charge is 0.251 e. The summed E-state index contributed by atoms with van der Waals surface area (Å²) in [6.45, 7) is 11.3. The third-order valence-corrected chi connectivity index (χ3v) is 5.93. The minimum absolute atomic E-state index is 0.00679. The standard InChI is InChI=1S/C26H41N3O4/c1-6-7-16-33-29(19(2)3)24(31)12-10-8-9-11-15-27-25(32)20-13-14-22-21(17-20)26(4,5)18-23(30)28-22/h13-14,17,19H,6-12,15-16,18H2,1-5H3,(H,27,32)(H,28,30). The fourth-order valence-corrected chi connectivity index (χ4v) is 4.03. The van der Waals surface area contributed by atoms with E-state index in [9.17, 15) is 14.4 Å². The maximum Gasteiger partial charge on any atom is 0.251 e. The number of nitrogens with one attached hydrogen (secondary N) is 2. The fraction of sp³-hybridized carbons (Fsp3) is 0.654. The van der Waals surface area contributed by atoms with Crippen molar-refractivity contribution in [3.63, 3.8) is 0 Å². The van der Waals surface area contributed by atoms with Crippen molar-refractivity contribution in [1.29, 1.82) is 0 Å². The van der Waals surface area contributed by atoms with Crippen LogP contribution in [0.1, 0.15) is 102 Å². The lowest BCUT2D eigenvalue weighted by atomic mass is 9.77. The lowest BCUT2D eigenvalue weighted by Gasteiger charge is -2.32. The van der Waals surface area contributed by atoms with Crippen molar-refractivity contribution < 1.29 is 19.2 Å². The zero-order valence-corrected chi connectivity index (χ0v) is 21.0. The zero-order chi connectivity index (χ0) is 24.4. The van der Waals surface area contributed by atoms with Crippen molar-refractivity contribution in [3.05, 3.63) is 29.3 Å². The normalized spacial score (nSPS) is 14.5. The molecule has 0 spiro atoms. The van der Waals surface area contributed by atoms with Crippen LogP contribution in [0.3, 0.4) is 0 Å². The first-order valence-electron chi connectivity index (χ1n) is 12.3. The van der Waals surface area contributed by atoms with Gasteiger partial charge in [0.1, 0.15) is 0 Å². The van der Waals surface area contributed by atoms with Crippen molar-refractivity contribution in [3.8, 4) is 0 Å². The predicted octanol–water partition coefficient (Wildman–Crippen LogP) is 4.96. The number of amides is 3. The van der Waals surface area contributed by atoms with Gasteiger partial charge in [-0.3, -0.25) is 19.2 Å². The van der Waals surface area contributed by atoms with E-state index in [0.29, 0.717) is 31.6 Å². The van der Waals surface area contributed by atoms with Gasteiger partial charge in [-0.15, -0.1) is 0 Å². The van der Waals surface area contributed by atoms with Gasteiger partial charge in [-0.25, -0.2) is 5.06 Å². The first-order valence-corrected chi connectivity index (χ1v) is 12.3. The molecule has 0 atom stereocenters. The van der Waals surface area contributed by atoms with E-state index in [1.807, 2.05) is 39.8 Å². The van der Waals surface area contributed by atoms with Crippen molar-refractivity contribution >= 4 is 23.4 Å². The average molecular weight is 460 g/mol. The number of benzene rings is 1. The molecule has 0 aliphatic carbocycles. The monoisotopic (exact) mass is 459 g/mol. The number of unbranched alkanes of at least 4 members (excludes halogenated alkanes) is 4. The van der Waals surface area contributed by atoms with Crippen LogP contribution in [0.5, 0.6) is 0 Å². The average Bonchev–Trinajstić information content (AvgIpc) is 2.74. The van der Waals surface area contributed by atoms with E-state index in [0.717, 1.165) is 49.8 Å². The summed E-state index contributed by atoms with van der Waals surface area (Å²) in [5, 5.41) is 7.38. The summed E-state index contributed by atoms with van der Waals surface area (Å²) in [6.07, 6.45) is 6.46. The molecule has 2 rings (SSSR count). The molecule has 0 saturated heterocycles. The molecule has 0 bridgehead atoms. The Morgan fingerprint density at radius 3 is 2.58 bits per heavy atom. The Morgan fingerprint density at radius 2 is 1.88 bits per heavy atom. The molecule has 0 fully saturated rings. The predicted molar refractivity (Wildman–Crippen MR) is 131 cm³/mol. The largest absolute Gasteiger partial charge is 0.352 e. The van der Waals surface area contributed by atoms with Crippen LogP contribution in [0.4, 0.5) is 5.69 Å². The van der Waals surface area contributed by atoms with Crippen LogP contribution in [0.2, 0.25) is 0 Å². The molecule has 0 radical (unpaired) electrons. The molecule has 184 valence electrons. The van der Waals surface area contributed by atoms with Gasteiger partial charge in [0.2, 0.25) is 11.8 Å². The number of carbonyl (C=O) groups excluding carboxylic acids is 3. The molecule has 7 heteroatoms. The maximum absolute atomic E-state index is 12.6. The minimum Gasteiger partial charge on any atom is -0.352 e. The highest BCUT2D eigenvalue weighted by molar-refractivity contribution is 5.98. The summed E-state index contributed by atoms with van der Waals surface area (Å²) < 4.78 is 0. The molecule has 3 amide bonds. The molecular weight excluding hydrogens is 418 g/mol. The van der Waals surface area contributed by atoms with Crippen molar-refractivity contribution in [2.45, 2.75) is 97.4 Å². The first kappa shape index (κ1) is 26.8. The van der Waals surface area contributed by atoms with E-state index in [1.165, 1.54) is 5.06 Å². The number of hydrogen-bond donors (Lipinski definition) is 2. The summed E-state index contributed by atoms with van der Waals surface area (Å²) in [7, 11) is 0. The number of hydrogen-bond acceptors (Lipinski definition) is 4. The summed E-state index contributed by atoms with van der Waals surface area (Å²) in [5.74, 6) is -0.0502. The highest BCUT2D eigenvalue weighted by atomic mass is 16.7. The zero-order valence-electron chi connectivity index (χ0n) is 21.0. The Hall–Kier alpha value is -2.41. The SMILES string of the molecule is CCCCON(C(=O)CCCCCCNC(=O)c1ccc2c(c1)C(C)(C)CC(=O)N2)C(C)C. The van der Waals surface area contributed by atoms with E-state index in [2.05, 4.69) is 17.6 Å². The molecule has 1 aliphatic rings. The molecule has 7 nitrogen and oxygen atoms in total. The highest BCUT2D eigenvalue weighted by Crippen LogP contribution is 2.37. The Kier molecular flexibility index (Phi) is 10.4. The van der Waals surface area contributed by atoms with Crippen LogP contribution in [-0.4, -0.2) is 42.0 Å². The van der Waals surface area contributed by atoms with Gasteiger partial charge in [-0.1, -0.05) is 40.0 Å². The number of hydroxylamine groups is 2. The molecule has 0 unspecified atom stereocenters. The lowest BCUT2D eigenvalue weighted by Crippen LogP contribution is -2.37. The van der Waals surface area contributed by atoms with Crippen LogP contribution >= 0.6 is 0 Å². The number of carbonyl (C=O) groups is 3. The van der Waals surface area contributed by atoms with Crippen molar-refractivity contribution in [1.82, 2.24) is 10.4 Å². The van der Waals surface area contributed by atoms with E-state index in [1.54, 1.807) is 6.07 Å². The summed E-state index contributed by atoms with van der Waals surface area (Å²) >= 11 is 0. The first-order chi connectivity index (χ1) is 15.7. The van der Waals surface area contributed by atoms with Gasteiger partial charge < -0.3 is 10.6 Å². The molecule has 1 heterocycles. The van der Waals surface area contributed by atoms with E-state index >= 15 is 0 Å². The van der Waals surface area contributed by atoms with Gasteiger partial charge in [0, 0.05) is 36.1 Å². The van der Waals surface area contributed by atoms with Gasteiger partial charge in [0.25, 0.3) is 5.91 Å². The van der Waals surface area contributed by atoms with Crippen LogP contribution < -0.4 is 10.6 Å². The summed E-state index contributed by atoms with van der Waals surface area (Å²) in [4.78, 5) is 42.5. The van der Waals surface area contributed by atoms with E-state index in [4.69, 9.17) is 4.84 Å². The second-order valence-corrected chi connectivity index (χ2v) is 9.79. The Bertz CT molecular complexity index is 820. The van der Waals surface area contributed by atoms with Crippen molar-refractivity contribution in [2.75, 3.05) is 18.5 Å². The van der Waals surface area contributed by atoms with Crippen LogP contribution in [-0.2, 0) is 19.8 Å². The topological polar surface area (TPSA) is 87.7 Å². The van der Waals surface area contributed by atoms with Gasteiger partial charge in [0.05, 0.1) is 12.6 Å². The quantitative estimate of drug-likeness (QED) is 0.322. The Labute approximate surface area is 198 Å². The molecular formula is C26H41N3O4. The Morgan fingerprint density at radius 1 is 1.15 bits per heavy atom. The molecule has 2 N–H and O–H groups in total. The molecule has 1 aromatic carbocycles. The van der Waals surface area contributed by atoms with Crippen molar-refractivity contribution in [2.24, 2.45) is 0 Å². The summed E-state index contributed by atoms with van der Waals surface area (Å²) in [6, 6.07) is 5.49. The van der Waals surface area contributed by atoms with Gasteiger partial charge in [-0.05, 0) is 56.9 Å². The van der Waals surface area contributed by atoms with E-state index < -0.39 is 0 Å². The fourth-order valence-electron chi connectivity index (χ4n) is 4.03. The van der Waals surface area contributed by atoms with Crippen LogP contribution in [0.15, 0.2) is 18.2 Å². The van der Waals surface area contributed by atoms with Gasteiger partial charge in [0.15, 0.2) is 0 Å². The molecule has 1 aromatic rings. The third-order valence-electron chi connectivity index (χ3n) is 5.93. The molecule has 0 aromatic heterocycles.